The standard InChI is InChI=1S/C19H16N8S.C17H19FN8S/c1-12-11-27-16(13-8-22-23-9-13)10-21-19(27)18(24-12)25-17-7-15(26-28-17)6-14-4-2-3-5-20-14;1-10(18)4-19-7-13-3-15(27-25-13)24-16-17-20-8-14(12-5-21-22-6-12)26(17)9-11(2)23-16/h2-5,7-11H,6H2,1H3,(H,22,23)(H,24,25);3,5-6,8-10,19H,4,7H2,1-2H3,(H,21,22)(H,23,24). The summed E-state index contributed by atoms with van der Waals surface area (Å²) >= 11 is 2.74. The van der Waals surface area contributed by atoms with E-state index < -0.39 is 6.17 Å². The number of aromatic nitrogens is 13. The highest BCUT2D eigenvalue weighted by atomic mass is 32.1. The number of hydrogen-bond donors (Lipinski definition) is 5. The highest BCUT2D eigenvalue weighted by molar-refractivity contribution is 7.10. The molecule has 278 valence electrons. The van der Waals surface area contributed by atoms with Crippen molar-refractivity contribution in [2.45, 2.75) is 39.9 Å². The number of nitrogens with one attached hydrogen (secondary N) is 5. The van der Waals surface area contributed by atoms with E-state index in [0.717, 1.165) is 72.3 Å². The van der Waals surface area contributed by atoms with E-state index in [-0.39, 0.29) is 0 Å². The van der Waals surface area contributed by atoms with Crippen LogP contribution >= 0.6 is 23.1 Å². The van der Waals surface area contributed by atoms with Crippen molar-refractivity contribution in [3.8, 4) is 22.5 Å². The summed E-state index contributed by atoms with van der Waals surface area (Å²) in [5.74, 6) is 1.35. The van der Waals surface area contributed by atoms with E-state index in [2.05, 4.69) is 70.0 Å². The van der Waals surface area contributed by atoms with Gasteiger partial charge in [0.25, 0.3) is 0 Å². The molecule has 9 aromatic rings. The minimum absolute atomic E-state index is 0.311. The number of aryl methyl sites for hydroxylation is 2. The average Bonchev–Trinajstić information content (AvgIpc) is 4.02. The van der Waals surface area contributed by atoms with Crippen LogP contribution in [-0.2, 0) is 13.0 Å². The fourth-order valence-corrected chi connectivity index (χ4v) is 7.15. The zero-order valence-corrected chi connectivity index (χ0v) is 31.5. The van der Waals surface area contributed by atoms with E-state index in [4.69, 9.17) is 0 Å². The molecule has 0 radical (unpaired) electrons. The SMILES string of the molecule is Cc1cn2c(-c3cn[nH]c3)cnc2c(Nc2cc(CNCC(C)F)ns2)n1.Cc1cn2c(-c3cn[nH]c3)cnc2c(Nc2cc(Cc3ccccn3)ns2)n1. The first-order valence-corrected chi connectivity index (χ1v) is 18.8. The van der Waals surface area contributed by atoms with E-state index in [1.54, 1.807) is 24.8 Å². The molecule has 5 N–H and O–H groups in total. The van der Waals surface area contributed by atoms with Gasteiger partial charge in [0.1, 0.15) is 16.2 Å². The molecule has 0 aliphatic rings. The molecule has 0 bridgehead atoms. The third-order valence-electron chi connectivity index (χ3n) is 8.23. The summed E-state index contributed by atoms with van der Waals surface area (Å²) in [5.41, 5.74) is 9.84. The van der Waals surface area contributed by atoms with Gasteiger partial charge in [0.05, 0.1) is 59.0 Å². The van der Waals surface area contributed by atoms with Gasteiger partial charge in [0.15, 0.2) is 22.9 Å². The molecule has 0 aromatic carbocycles. The first kappa shape index (κ1) is 35.6. The quantitative estimate of drug-likeness (QED) is 0.0885. The maximum absolute atomic E-state index is 12.9. The van der Waals surface area contributed by atoms with Crippen molar-refractivity contribution in [1.29, 1.82) is 0 Å². The zero-order chi connectivity index (χ0) is 37.7. The second kappa shape index (κ2) is 15.9. The molecule has 9 rings (SSSR count). The summed E-state index contributed by atoms with van der Waals surface area (Å²) in [7, 11) is 0. The van der Waals surface area contributed by atoms with Gasteiger partial charge in [-0.05, 0) is 68.1 Å². The number of aromatic amines is 2. The largest absolute Gasteiger partial charge is 0.328 e. The molecule has 19 heteroatoms. The van der Waals surface area contributed by atoms with Crippen molar-refractivity contribution in [3.63, 3.8) is 0 Å². The molecule has 0 fully saturated rings. The van der Waals surface area contributed by atoms with E-state index >= 15 is 0 Å². The highest BCUT2D eigenvalue weighted by Crippen LogP contribution is 2.29. The Morgan fingerprint density at radius 2 is 1.33 bits per heavy atom. The Bertz CT molecular complexity index is 2620. The summed E-state index contributed by atoms with van der Waals surface area (Å²) in [6.07, 6.45) is 16.4. The first-order valence-electron chi connectivity index (χ1n) is 17.2. The third-order valence-corrected chi connectivity index (χ3v) is 9.72. The molecule has 16 nitrogen and oxygen atoms in total. The van der Waals surface area contributed by atoms with E-state index in [1.807, 2.05) is 84.0 Å². The van der Waals surface area contributed by atoms with Crippen LogP contribution in [-0.4, -0.2) is 75.6 Å². The molecule has 0 aliphatic carbocycles. The highest BCUT2D eigenvalue weighted by Gasteiger charge is 2.16. The van der Waals surface area contributed by atoms with Gasteiger partial charge in [0, 0.05) is 67.3 Å². The van der Waals surface area contributed by atoms with Crippen LogP contribution in [0.3, 0.4) is 0 Å². The molecule has 0 aliphatic heterocycles. The van der Waals surface area contributed by atoms with Crippen molar-refractivity contribution >= 4 is 56.0 Å². The minimum Gasteiger partial charge on any atom is -0.328 e. The van der Waals surface area contributed by atoms with Crippen LogP contribution in [0.15, 0.2) is 86.1 Å². The molecule has 9 heterocycles. The second-order valence-electron chi connectivity index (χ2n) is 12.6. The second-order valence-corrected chi connectivity index (χ2v) is 14.2. The number of pyridine rings is 1. The van der Waals surface area contributed by atoms with Gasteiger partial charge >= 0.3 is 0 Å². The smallest absolute Gasteiger partial charge is 0.180 e. The lowest BCUT2D eigenvalue weighted by atomic mass is 10.2. The van der Waals surface area contributed by atoms with Crippen molar-refractivity contribution in [1.82, 2.24) is 68.2 Å². The number of hydrogen-bond acceptors (Lipinski definition) is 14. The van der Waals surface area contributed by atoms with E-state index in [1.165, 1.54) is 30.0 Å². The summed E-state index contributed by atoms with van der Waals surface area (Å²) in [6.45, 7) is 6.26. The van der Waals surface area contributed by atoms with Crippen molar-refractivity contribution < 1.29 is 4.39 Å². The van der Waals surface area contributed by atoms with Crippen LogP contribution in [0.25, 0.3) is 33.8 Å². The summed E-state index contributed by atoms with van der Waals surface area (Å²) in [5, 5.41) is 25.2. The lowest BCUT2D eigenvalue weighted by molar-refractivity contribution is 0.344. The van der Waals surface area contributed by atoms with Crippen molar-refractivity contribution in [2.75, 3.05) is 17.2 Å². The molecule has 9 aromatic heterocycles. The molecule has 0 saturated carbocycles. The number of nitrogens with zero attached hydrogens (tertiary/aromatic N) is 11. The van der Waals surface area contributed by atoms with Crippen molar-refractivity contribution in [2.24, 2.45) is 0 Å². The van der Waals surface area contributed by atoms with Crippen LogP contribution in [0.2, 0.25) is 0 Å². The van der Waals surface area contributed by atoms with Crippen LogP contribution < -0.4 is 16.0 Å². The Kier molecular flexibility index (Phi) is 10.3. The Morgan fingerprint density at radius 1 is 0.745 bits per heavy atom. The number of imidazole rings is 2. The topological polar surface area (TPSA) is 192 Å². The predicted octanol–water partition coefficient (Wildman–Crippen LogP) is 6.69. The first-order chi connectivity index (χ1) is 26.9. The number of halogens is 1. The number of alkyl halides is 1. The lowest BCUT2D eigenvalue weighted by Crippen LogP contribution is -2.21. The van der Waals surface area contributed by atoms with Gasteiger partial charge in [-0.15, -0.1) is 0 Å². The molecular formula is C36H35FN16S2. The van der Waals surface area contributed by atoms with Gasteiger partial charge in [-0.2, -0.15) is 18.9 Å². The normalized spacial score (nSPS) is 11.9. The fourth-order valence-electron chi connectivity index (χ4n) is 5.82. The summed E-state index contributed by atoms with van der Waals surface area (Å²) in [6, 6.07) is 9.85. The van der Waals surface area contributed by atoms with Crippen LogP contribution in [0.5, 0.6) is 0 Å². The van der Waals surface area contributed by atoms with Gasteiger partial charge < -0.3 is 16.0 Å². The van der Waals surface area contributed by atoms with Gasteiger partial charge in [-0.25, -0.2) is 24.3 Å². The monoisotopic (exact) mass is 774 g/mol. The van der Waals surface area contributed by atoms with Crippen molar-refractivity contribution in [3.05, 3.63) is 115 Å². The Hall–Kier alpha value is -6.44. The molecule has 1 unspecified atom stereocenters. The van der Waals surface area contributed by atoms with E-state index in [0.29, 0.717) is 31.1 Å². The maximum atomic E-state index is 12.9. The zero-order valence-electron chi connectivity index (χ0n) is 29.9. The van der Waals surface area contributed by atoms with Crippen LogP contribution in [0, 0.1) is 13.8 Å². The molecule has 0 amide bonds. The third kappa shape index (κ3) is 8.22. The van der Waals surface area contributed by atoms with Gasteiger partial charge in [-0.3, -0.25) is 24.0 Å². The number of fused-ring (bicyclic) bond motifs is 2. The molecule has 0 saturated heterocycles. The molecule has 0 spiro atoms. The van der Waals surface area contributed by atoms with Gasteiger partial charge in [0.2, 0.25) is 0 Å². The molecular weight excluding hydrogens is 740 g/mol. The molecule has 55 heavy (non-hydrogen) atoms. The van der Waals surface area contributed by atoms with Crippen LogP contribution in [0.4, 0.5) is 26.0 Å². The van der Waals surface area contributed by atoms with E-state index in [9.17, 15) is 4.39 Å². The minimum atomic E-state index is -0.879. The van der Waals surface area contributed by atoms with Gasteiger partial charge in [-0.1, -0.05) is 6.07 Å². The summed E-state index contributed by atoms with van der Waals surface area (Å²) in [4.78, 5) is 22.6. The Morgan fingerprint density at radius 3 is 1.85 bits per heavy atom. The lowest BCUT2D eigenvalue weighted by Gasteiger charge is -2.07. The number of rotatable bonds is 12. The Labute approximate surface area is 321 Å². The maximum Gasteiger partial charge on any atom is 0.180 e. The summed E-state index contributed by atoms with van der Waals surface area (Å²) < 4.78 is 25.8. The number of H-pyrrole nitrogens is 2. The number of anilines is 4. The fraction of sp³-hybridized carbons (Fsp3) is 0.194. The average molecular weight is 775 g/mol. The van der Waals surface area contributed by atoms with Crippen LogP contribution in [0.1, 0.15) is 35.4 Å². The predicted molar refractivity (Wildman–Crippen MR) is 211 cm³/mol. The molecule has 1 atom stereocenters. The Balaban J connectivity index is 0.000000155.